The third-order valence-electron chi connectivity index (χ3n) is 4.89. The van der Waals surface area contributed by atoms with Crippen molar-refractivity contribution in [2.24, 2.45) is 0 Å². The molecule has 2 aliphatic rings. The number of amides is 4. The summed E-state index contributed by atoms with van der Waals surface area (Å²) in [6.07, 6.45) is 0.315. The Labute approximate surface area is 151 Å². The molecule has 140 valence electrons. The minimum Gasteiger partial charge on any atom is -0.391 e. The number of nitrogens with zero attached hydrogens (tertiary/aromatic N) is 1. The lowest BCUT2D eigenvalue weighted by Crippen LogP contribution is -2.64. The third-order valence-corrected chi connectivity index (χ3v) is 4.89. The molecule has 0 aromatic heterocycles. The second-order valence-corrected chi connectivity index (χ2v) is 6.81. The average Bonchev–Trinajstić information content (AvgIpc) is 3.03. The van der Waals surface area contributed by atoms with E-state index in [1.54, 1.807) is 0 Å². The number of piperazine rings is 1. The van der Waals surface area contributed by atoms with Crippen LogP contribution in [0.4, 0.5) is 10.5 Å². The number of carbonyl (C=O) groups is 3. The normalized spacial score (nSPS) is 26.1. The van der Waals surface area contributed by atoms with Crippen molar-refractivity contribution in [1.29, 1.82) is 0 Å². The number of carbonyl (C=O) groups excluding carboxylic acids is 3. The van der Waals surface area contributed by atoms with Gasteiger partial charge in [0.05, 0.1) is 12.1 Å². The quantitative estimate of drug-likeness (QED) is 0.615. The molecule has 0 radical (unpaired) electrons. The Hall–Kier alpha value is -2.61. The fourth-order valence-corrected chi connectivity index (χ4v) is 3.43. The molecule has 26 heavy (non-hydrogen) atoms. The van der Waals surface area contributed by atoms with Crippen molar-refractivity contribution in [2.45, 2.75) is 50.9 Å². The SMILES string of the molecule is CCc1ccc(NC(=O)N[C@H]2C[C@H]3C(=O)N[C@H]([C@H](C)O)C(=O)N3C2)cc1. The van der Waals surface area contributed by atoms with Crippen LogP contribution in [0.3, 0.4) is 0 Å². The van der Waals surface area contributed by atoms with Gasteiger partial charge in [-0.2, -0.15) is 0 Å². The largest absolute Gasteiger partial charge is 0.391 e. The van der Waals surface area contributed by atoms with Gasteiger partial charge >= 0.3 is 6.03 Å². The molecule has 8 heteroatoms. The van der Waals surface area contributed by atoms with Gasteiger partial charge in [-0.05, 0) is 37.5 Å². The summed E-state index contributed by atoms with van der Waals surface area (Å²) in [5.41, 5.74) is 1.86. The zero-order valence-electron chi connectivity index (χ0n) is 14.9. The van der Waals surface area contributed by atoms with Gasteiger partial charge in [-0.1, -0.05) is 19.1 Å². The Kier molecular flexibility index (Phi) is 5.13. The number of fused-ring (bicyclic) bond motifs is 1. The Morgan fingerprint density at radius 2 is 2.04 bits per heavy atom. The lowest BCUT2D eigenvalue weighted by Gasteiger charge is -2.35. The summed E-state index contributed by atoms with van der Waals surface area (Å²) in [5, 5.41) is 17.8. The number of rotatable bonds is 4. The van der Waals surface area contributed by atoms with Crippen molar-refractivity contribution in [3.63, 3.8) is 0 Å². The van der Waals surface area contributed by atoms with Gasteiger partial charge in [-0.15, -0.1) is 0 Å². The first kappa shape index (κ1) is 18.2. The first-order chi connectivity index (χ1) is 12.4. The summed E-state index contributed by atoms with van der Waals surface area (Å²) in [5.74, 6) is -0.611. The molecule has 4 atom stereocenters. The van der Waals surface area contributed by atoms with E-state index >= 15 is 0 Å². The maximum absolute atomic E-state index is 12.4. The maximum Gasteiger partial charge on any atom is 0.319 e. The van der Waals surface area contributed by atoms with Crippen LogP contribution in [0, 0.1) is 0 Å². The van der Waals surface area contributed by atoms with E-state index in [1.807, 2.05) is 24.3 Å². The fourth-order valence-electron chi connectivity index (χ4n) is 3.43. The second-order valence-electron chi connectivity index (χ2n) is 6.81. The van der Waals surface area contributed by atoms with E-state index in [1.165, 1.54) is 17.4 Å². The van der Waals surface area contributed by atoms with Gasteiger partial charge in [0.25, 0.3) is 0 Å². The van der Waals surface area contributed by atoms with Gasteiger partial charge in [0.2, 0.25) is 11.8 Å². The predicted octanol–water partition coefficient (Wildman–Crippen LogP) is 0.219. The van der Waals surface area contributed by atoms with Gasteiger partial charge in [0.15, 0.2) is 0 Å². The standard InChI is InChI=1S/C18H24N4O4/c1-3-11-4-6-12(7-5-11)19-18(26)20-13-8-14-16(24)21-15(10(2)23)17(25)22(14)9-13/h4-7,10,13-15,23H,3,8-9H2,1-2H3,(H,21,24)(H2,19,20,26)/t10-,13-,14-,15+/m0/s1. The lowest BCUT2D eigenvalue weighted by molar-refractivity contribution is -0.149. The zero-order chi connectivity index (χ0) is 18.8. The summed E-state index contributed by atoms with van der Waals surface area (Å²) in [7, 11) is 0. The van der Waals surface area contributed by atoms with E-state index in [-0.39, 0.29) is 30.4 Å². The van der Waals surface area contributed by atoms with Crippen LogP contribution in [0.15, 0.2) is 24.3 Å². The third kappa shape index (κ3) is 3.65. The fraction of sp³-hybridized carbons (Fsp3) is 0.500. The van der Waals surface area contributed by atoms with Gasteiger partial charge < -0.3 is 26.0 Å². The van der Waals surface area contributed by atoms with Crippen molar-refractivity contribution >= 4 is 23.5 Å². The van der Waals surface area contributed by atoms with Crippen molar-refractivity contribution in [3.8, 4) is 0 Å². The summed E-state index contributed by atoms with van der Waals surface area (Å²) in [6.45, 7) is 3.78. The van der Waals surface area contributed by atoms with Crippen molar-refractivity contribution in [3.05, 3.63) is 29.8 Å². The predicted molar refractivity (Wildman–Crippen MR) is 95.5 cm³/mol. The molecule has 0 unspecified atom stereocenters. The van der Waals surface area contributed by atoms with Crippen LogP contribution >= 0.6 is 0 Å². The number of hydrogen-bond donors (Lipinski definition) is 4. The van der Waals surface area contributed by atoms with Gasteiger partial charge in [-0.25, -0.2) is 4.79 Å². The lowest BCUT2D eigenvalue weighted by atomic mass is 10.0. The number of benzene rings is 1. The molecule has 0 bridgehead atoms. The van der Waals surface area contributed by atoms with Crippen molar-refractivity contribution in [1.82, 2.24) is 15.5 Å². The molecule has 3 rings (SSSR count). The second kappa shape index (κ2) is 7.33. The summed E-state index contributed by atoms with van der Waals surface area (Å²) < 4.78 is 0. The Morgan fingerprint density at radius 1 is 1.35 bits per heavy atom. The molecule has 0 spiro atoms. The molecular formula is C18H24N4O4. The van der Waals surface area contributed by atoms with Gasteiger partial charge in [0.1, 0.15) is 12.1 Å². The molecule has 8 nitrogen and oxygen atoms in total. The first-order valence-electron chi connectivity index (χ1n) is 8.84. The Morgan fingerprint density at radius 3 is 2.65 bits per heavy atom. The molecule has 2 fully saturated rings. The van der Waals surface area contributed by atoms with E-state index in [9.17, 15) is 19.5 Å². The highest BCUT2D eigenvalue weighted by Gasteiger charge is 2.47. The Bertz CT molecular complexity index is 704. The minimum absolute atomic E-state index is 0.252. The highest BCUT2D eigenvalue weighted by Crippen LogP contribution is 2.23. The number of hydrogen-bond acceptors (Lipinski definition) is 4. The smallest absolute Gasteiger partial charge is 0.319 e. The van der Waals surface area contributed by atoms with E-state index in [0.29, 0.717) is 12.1 Å². The summed E-state index contributed by atoms with van der Waals surface area (Å²) in [6, 6.07) is 5.34. The van der Waals surface area contributed by atoms with Crippen LogP contribution in [0.1, 0.15) is 25.8 Å². The molecule has 1 aromatic carbocycles. The number of aliphatic hydroxyl groups excluding tert-OH is 1. The van der Waals surface area contributed by atoms with Crippen LogP contribution in [0.2, 0.25) is 0 Å². The molecule has 2 saturated heterocycles. The highest BCUT2D eigenvalue weighted by molar-refractivity contribution is 5.98. The molecule has 1 aromatic rings. The van der Waals surface area contributed by atoms with Crippen molar-refractivity contribution < 1.29 is 19.5 Å². The zero-order valence-corrected chi connectivity index (χ0v) is 14.9. The summed E-state index contributed by atoms with van der Waals surface area (Å²) in [4.78, 5) is 38.2. The molecule has 4 amide bonds. The van der Waals surface area contributed by atoms with Crippen LogP contribution in [-0.4, -0.2) is 58.6 Å². The van der Waals surface area contributed by atoms with Gasteiger partial charge in [-0.3, -0.25) is 9.59 Å². The number of nitrogens with one attached hydrogen (secondary N) is 3. The maximum atomic E-state index is 12.4. The van der Waals surface area contributed by atoms with Crippen LogP contribution < -0.4 is 16.0 Å². The molecule has 4 N–H and O–H groups in total. The van der Waals surface area contributed by atoms with Crippen LogP contribution in [-0.2, 0) is 16.0 Å². The van der Waals surface area contributed by atoms with Crippen LogP contribution in [0.5, 0.6) is 0 Å². The molecule has 0 aliphatic carbocycles. The topological polar surface area (TPSA) is 111 Å². The molecule has 0 saturated carbocycles. The molecule has 2 aliphatic heterocycles. The first-order valence-corrected chi connectivity index (χ1v) is 8.84. The number of anilines is 1. The minimum atomic E-state index is -0.964. The highest BCUT2D eigenvalue weighted by atomic mass is 16.3. The van der Waals surface area contributed by atoms with E-state index in [0.717, 1.165) is 6.42 Å². The van der Waals surface area contributed by atoms with Crippen molar-refractivity contribution in [2.75, 3.05) is 11.9 Å². The number of aryl methyl sites for hydroxylation is 1. The van der Waals surface area contributed by atoms with E-state index < -0.39 is 18.2 Å². The number of aliphatic hydroxyl groups is 1. The van der Waals surface area contributed by atoms with E-state index in [2.05, 4.69) is 22.9 Å². The summed E-state index contributed by atoms with van der Waals surface area (Å²) >= 11 is 0. The average molecular weight is 360 g/mol. The monoisotopic (exact) mass is 360 g/mol. The Balaban J connectivity index is 1.59. The molecule has 2 heterocycles. The number of urea groups is 1. The van der Waals surface area contributed by atoms with Crippen LogP contribution in [0.25, 0.3) is 0 Å². The molecular weight excluding hydrogens is 336 g/mol. The van der Waals surface area contributed by atoms with Gasteiger partial charge in [0, 0.05) is 12.2 Å². The van der Waals surface area contributed by atoms with E-state index in [4.69, 9.17) is 0 Å².